The molecule has 0 spiro atoms. The normalized spacial score (nSPS) is 15.8. The molecule has 1 N–H and O–H groups in total. The zero-order valence-electron chi connectivity index (χ0n) is 14.4. The van der Waals surface area contributed by atoms with Gasteiger partial charge in [-0.2, -0.15) is 18.4 Å². The Morgan fingerprint density at radius 2 is 1.88 bits per heavy atom. The van der Waals surface area contributed by atoms with Gasteiger partial charge < -0.3 is 5.11 Å². The monoisotopic (exact) mass is 350 g/mol. The number of aromatic nitrogens is 1. The van der Waals surface area contributed by atoms with E-state index in [1.165, 1.54) is 6.92 Å². The summed E-state index contributed by atoms with van der Waals surface area (Å²) in [6.07, 6.45) is -4.99. The Morgan fingerprint density at radius 3 is 2.44 bits per heavy atom. The fraction of sp³-hybridized carbons (Fsp3) is 0.474. The third-order valence-electron chi connectivity index (χ3n) is 4.77. The molecule has 6 heteroatoms. The highest BCUT2D eigenvalue weighted by atomic mass is 19.4. The number of rotatable bonds is 5. The summed E-state index contributed by atoms with van der Waals surface area (Å²) in [6.45, 7) is 5.17. The first-order valence-electron chi connectivity index (χ1n) is 8.17. The standard InChI is InChI=1S/C19H21F3N2O/c1-11(2)16(12(3)18(25)19(20,21)22)9-13-4-5-15-14(8-13)6-7-24-17(15)10-23/h4-8,11-12,16,18,25H,9H2,1-3H3. The average Bonchev–Trinajstić information content (AvgIpc) is 2.56. The van der Waals surface area contributed by atoms with Gasteiger partial charge in [-0.15, -0.1) is 0 Å². The van der Waals surface area contributed by atoms with Crippen LogP contribution in [0.25, 0.3) is 10.8 Å². The van der Waals surface area contributed by atoms with E-state index in [2.05, 4.69) is 4.98 Å². The van der Waals surface area contributed by atoms with Gasteiger partial charge in [-0.3, -0.25) is 0 Å². The van der Waals surface area contributed by atoms with Crippen LogP contribution in [0, 0.1) is 29.1 Å². The molecule has 1 aromatic carbocycles. The van der Waals surface area contributed by atoms with Gasteiger partial charge in [0.05, 0.1) is 0 Å². The Hall–Kier alpha value is -2.13. The Labute approximate surface area is 145 Å². The van der Waals surface area contributed by atoms with E-state index in [9.17, 15) is 18.3 Å². The van der Waals surface area contributed by atoms with Crippen LogP contribution in [0.3, 0.4) is 0 Å². The maximum atomic E-state index is 12.9. The number of fused-ring (bicyclic) bond motifs is 1. The molecule has 1 heterocycles. The van der Waals surface area contributed by atoms with Crippen LogP contribution in [0.2, 0.25) is 0 Å². The second-order valence-electron chi connectivity index (χ2n) is 6.78. The summed E-state index contributed by atoms with van der Waals surface area (Å²) in [6, 6.07) is 9.27. The van der Waals surface area contributed by atoms with Gasteiger partial charge in [-0.1, -0.05) is 39.0 Å². The Morgan fingerprint density at radius 1 is 1.20 bits per heavy atom. The van der Waals surface area contributed by atoms with Crippen LogP contribution in [-0.4, -0.2) is 22.4 Å². The summed E-state index contributed by atoms with van der Waals surface area (Å²) in [5.74, 6) is -1.26. The van der Waals surface area contributed by atoms with Gasteiger partial charge in [0, 0.05) is 11.6 Å². The van der Waals surface area contributed by atoms with E-state index in [-0.39, 0.29) is 11.8 Å². The van der Waals surface area contributed by atoms with Crippen molar-refractivity contribution < 1.29 is 18.3 Å². The summed E-state index contributed by atoms with van der Waals surface area (Å²) in [5.41, 5.74) is 1.20. The predicted octanol–water partition coefficient (Wildman–Crippen LogP) is 4.48. The number of nitriles is 1. The van der Waals surface area contributed by atoms with Crippen molar-refractivity contribution in [3.8, 4) is 6.07 Å². The maximum Gasteiger partial charge on any atom is 0.414 e. The van der Waals surface area contributed by atoms with E-state index in [4.69, 9.17) is 5.26 Å². The lowest BCUT2D eigenvalue weighted by Gasteiger charge is -2.32. The quantitative estimate of drug-likeness (QED) is 0.865. The number of hydrogen-bond donors (Lipinski definition) is 1. The molecule has 134 valence electrons. The molecule has 0 saturated carbocycles. The van der Waals surface area contributed by atoms with Crippen LogP contribution in [-0.2, 0) is 6.42 Å². The molecule has 0 aliphatic rings. The molecule has 0 amide bonds. The number of alkyl halides is 3. The van der Waals surface area contributed by atoms with Gasteiger partial charge >= 0.3 is 6.18 Å². The largest absolute Gasteiger partial charge is 0.414 e. The van der Waals surface area contributed by atoms with Gasteiger partial charge in [0.1, 0.15) is 11.8 Å². The van der Waals surface area contributed by atoms with Crippen LogP contribution in [0.15, 0.2) is 30.5 Å². The van der Waals surface area contributed by atoms with Crippen molar-refractivity contribution in [2.45, 2.75) is 39.5 Å². The summed E-state index contributed by atoms with van der Waals surface area (Å²) in [5, 5.41) is 20.3. The predicted molar refractivity (Wildman–Crippen MR) is 89.7 cm³/mol. The molecule has 0 aliphatic heterocycles. The molecule has 25 heavy (non-hydrogen) atoms. The summed E-state index contributed by atoms with van der Waals surface area (Å²) in [4.78, 5) is 4.00. The first-order chi connectivity index (χ1) is 11.6. The van der Waals surface area contributed by atoms with Gasteiger partial charge in [-0.05, 0) is 41.2 Å². The minimum atomic E-state index is -4.62. The minimum Gasteiger partial charge on any atom is -0.383 e. The van der Waals surface area contributed by atoms with Crippen molar-refractivity contribution in [1.29, 1.82) is 5.26 Å². The molecule has 0 radical (unpaired) electrons. The van der Waals surface area contributed by atoms with Gasteiger partial charge in [0.15, 0.2) is 6.10 Å². The van der Waals surface area contributed by atoms with Crippen molar-refractivity contribution in [2.24, 2.45) is 17.8 Å². The Balaban J connectivity index is 2.31. The molecule has 3 unspecified atom stereocenters. The molecule has 0 bridgehead atoms. The van der Waals surface area contributed by atoms with Crippen molar-refractivity contribution >= 4 is 10.8 Å². The van der Waals surface area contributed by atoms with E-state index in [1.54, 1.807) is 18.3 Å². The van der Waals surface area contributed by atoms with E-state index < -0.39 is 18.2 Å². The number of pyridine rings is 1. The molecular weight excluding hydrogens is 329 g/mol. The Kier molecular flexibility index (Phi) is 5.69. The molecule has 3 atom stereocenters. The van der Waals surface area contributed by atoms with E-state index >= 15 is 0 Å². The summed E-state index contributed by atoms with van der Waals surface area (Å²) in [7, 11) is 0. The smallest absolute Gasteiger partial charge is 0.383 e. The van der Waals surface area contributed by atoms with E-state index in [1.807, 2.05) is 32.0 Å². The van der Waals surface area contributed by atoms with Gasteiger partial charge in [-0.25, -0.2) is 4.98 Å². The van der Waals surface area contributed by atoms with Crippen LogP contribution in [0.1, 0.15) is 32.0 Å². The fourth-order valence-corrected chi connectivity index (χ4v) is 3.28. The number of halogens is 3. The van der Waals surface area contributed by atoms with Crippen LogP contribution in [0.5, 0.6) is 0 Å². The highest BCUT2D eigenvalue weighted by Gasteiger charge is 2.44. The number of nitrogens with zero attached hydrogens (tertiary/aromatic N) is 2. The van der Waals surface area contributed by atoms with Crippen molar-refractivity contribution in [3.63, 3.8) is 0 Å². The average molecular weight is 350 g/mol. The minimum absolute atomic E-state index is 0.0187. The second kappa shape index (κ2) is 7.40. The van der Waals surface area contributed by atoms with Crippen LogP contribution >= 0.6 is 0 Å². The summed E-state index contributed by atoms with van der Waals surface area (Å²) < 4.78 is 38.6. The van der Waals surface area contributed by atoms with Gasteiger partial charge in [0.25, 0.3) is 0 Å². The first-order valence-corrected chi connectivity index (χ1v) is 8.17. The lowest BCUT2D eigenvalue weighted by Crippen LogP contribution is -2.40. The highest BCUT2D eigenvalue weighted by molar-refractivity contribution is 5.86. The topological polar surface area (TPSA) is 56.9 Å². The first kappa shape index (κ1) is 19.2. The molecule has 2 rings (SSSR count). The van der Waals surface area contributed by atoms with E-state index in [0.29, 0.717) is 12.1 Å². The lowest BCUT2D eigenvalue weighted by atomic mass is 9.77. The van der Waals surface area contributed by atoms with Crippen LogP contribution < -0.4 is 0 Å². The van der Waals surface area contributed by atoms with Crippen molar-refractivity contribution in [1.82, 2.24) is 4.98 Å². The molecule has 0 fully saturated rings. The third-order valence-corrected chi connectivity index (χ3v) is 4.77. The number of benzene rings is 1. The summed E-state index contributed by atoms with van der Waals surface area (Å²) >= 11 is 0. The van der Waals surface area contributed by atoms with E-state index in [0.717, 1.165) is 16.3 Å². The fourth-order valence-electron chi connectivity index (χ4n) is 3.28. The van der Waals surface area contributed by atoms with Gasteiger partial charge in [0.2, 0.25) is 0 Å². The SMILES string of the molecule is CC(C)C(Cc1ccc2c(C#N)nccc2c1)C(C)C(O)C(F)(F)F. The molecule has 2 aromatic rings. The molecule has 0 aliphatic carbocycles. The number of aliphatic hydroxyl groups is 1. The Bertz CT molecular complexity index is 780. The van der Waals surface area contributed by atoms with Crippen LogP contribution in [0.4, 0.5) is 13.2 Å². The molecule has 3 nitrogen and oxygen atoms in total. The van der Waals surface area contributed by atoms with Crippen molar-refractivity contribution in [2.75, 3.05) is 0 Å². The number of aliphatic hydroxyl groups excluding tert-OH is 1. The second-order valence-corrected chi connectivity index (χ2v) is 6.78. The number of hydrogen-bond acceptors (Lipinski definition) is 3. The molecule has 0 saturated heterocycles. The highest BCUT2D eigenvalue weighted by Crippen LogP contribution is 2.35. The maximum absolute atomic E-state index is 12.9. The zero-order valence-corrected chi connectivity index (χ0v) is 14.4. The molecular formula is C19H21F3N2O. The molecule has 1 aromatic heterocycles. The van der Waals surface area contributed by atoms with Crippen molar-refractivity contribution in [3.05, 3.63) is 41.7 Å². The zero-order chi connectivity index (χ0) is 18.8. The lowest BCUT2D eigenvalue weighted by molar-refractivity contribution is -0.224. The third kappa shape index (κ3) is 4.29.